The van der Waals surface area contributed by atoms with Crippen molar-refractivity contribution in [1.29, 1.82) is 0 Å². The molecule has 94 valence electrons. The SMILES string of the molecule is CCNCC(=O)NCCc1ccc(F)cc1F. The van der Waals surface area contributed by atoms with Gasteiger partial charge in [-0.15, -0.1) is 0 Å². The van der Waals surface area contributed by atoms with Gasteiger partial charge in [-0.25, -0.2) is 8.78 Å². The Morgan fingerprint density at radius 1 is 1.35 bits per heavy atom. The summed E-state index contributed by atoms with van der Waals surface area (Å²) in [4.78, 5) is 11.2. The topological polar surface area (TPSA) is 41.1 Å². The Labute approximate surface area is 99.2 Å². The Morgan fingerprint density at radius 2 is 2.12 bits per heavy atom. The van der Waals surface area contributed by atoms with Crippen LogP contribution >= 0.6 is 0 Å². The lowest BCUT2D eigenvalue weighted by Crippen LogP contribution is -2.34. The second-order valence-electron chi connectivity index (χ2n) is 3.62. The van der Waals surface area contributed by atoms with E-state index in [1.54, 1.807) is 0 Å². The highest BCUT2D eigenvalue weighted by molar-refractivity contribution is 5.77. The zero-order chi connectivity index (χ0) is 12.7. The Bertz CT molecular complexity index is 383. The van der Waals surface area contributed by atoms with Gasteiger partial charge in [-0.3, -0.25) is 4.79 Å². The van der Waals surface area contributed by atoms with Gasteiger partial charge in [0.1, 0.15) is 11.6 Å². The van der Waals surface area contributed by atoms with Crippen LogP contribution in [0.2, 0.25) is 0 Å². The van der Waals surface area contributed by atoms with Crippen LogP contribution in [0.15, 0.2) is 18.2 Å². The van der Waals surface area contributed by atoms with Crippen molar-refractivity contribution in [3.05, 3.63) is 35.4 Å². The minimum Gasteiger partial charge on any atom is -0.355 e. The van der Waals surface area contributed by atoms with Gasteiger partial charge in [0.05, 0.1) is 6.54 Å². The third kappa shape index (κ3) is 4.91. The largest absolute Gasteiger partial charge is 0.355 e. The van der Waals surface area contributed by atoms with Crippen molar-refractivity contribution >= 4 is 5.91 Å². The molecule has 0 saturated heterocycles. The quantitative estimate of drug-likeness (QED) is 0.788. The number of hydrogen-bond donors (Lipinski definition) is 2. The molecule has 2 N–H and O–H groups in total. The van der Waals surface area contributed by atoms with Crippen LogP contribution in [-0.2, 0) is 11.2 Å². The lowest BCUT2D eigenvalue weighted by molar-refractivity contribution is -0.120. The second-order valence-corrected chi connectivity index (χ2v) is 3.62. The third-order valence-corrected chi connectivity index (χ3v) is 2.27. The summed E-state index contributed by atoms with van der Waals surface area (Å²) in [7, 11) is 0. The van der Waals surface area contributed by atoms with Crippen molar-refractivity contribution in [3.63, 3.8) is 0 Å². The molecule has 0 aliphatic heterocycles. The second kappa shape index (κ2) is 6.96. The fourth-order valence-corrected chi connectivity index (χ4v) is 1.36. The lowest BCUT2D eigenvalue weighted by atomic mass is 10.1. The molecular formula is C12H16F2N2O. The lowest BCUT2D eigenvalue weighted by Gasteiger charge is -2.06. The first kappa shape index (κ1) is 13.6. The molecule has 0 aliphatic rings. The molecule has 1 aromatic carbocycles. The van der Waals surface area contributed by atoms with Gasteiger partial charge in [0.15, 0.2) is 0 Å². The molecular weight excluding hydrogens is 226 g/mol. The number of carbonyl (C=O) groups is 1. The maximum atomic E-state index is 13.2. The number of halogens is 2. The predicted octanol–water partition coefficient (Wildman–Crippen LogP) is 1.23. The summed E-state index contributed by atoms with van der Waals surface area (Å²) < 4.78 is 25.8. The molecule has 0 unspecified atom stereocenters. The van der Waals surface area contributed by atoms with Crippen molar-refractivity contribution < 1.29 is 13.6 Å². The maximum Gasteiger partial charge on any atom is 0.233 e. The van der Waals surface area contributed by atoms with Crippen molar-refractivity contribution in [1.82, 2.24) is 10.6 Å². The van der Waals surface area contributed by atoms with E-state index < -0.39 is 11.6 Å². The highest BCUT2D eigenvalue weighted by Crippen LogP contribution is 2.09. The minimum absolute atomic E-state index is 0.130. The Morgan fingerprint density at radius 3 is 2.76 bits per heavy atom. The molecule has 0 aliphatic carbocycles. The molecule has 0 radical (unpaired) electrons. The number of benzene rings is 1. The van der Waals surface area contributed by atoms with Crippen LogP contribution < -0.4 is 10.6 Å². The van der Waals surface area contributed by atoms with Gasteiger partial charge in [-0.05, 0) is 24.6 Å². The first-order valence-corrected chi connectivity index (χ1v) is 5.54. The smallest absolute Gasteiger partial charge is 0.233 e. The van der Waals surface area contributed by atoms with E-state index in [4.69, 9.17) is 0 Å². The van der Waals surface area contributed by atoms with E-state index in [1.807, 2.05) is 6.92 Å². The highest BCUT2D eigenvalue weighted by atomic mass is 19.1. The average molecular weight is 242 g/mol. The average Bonchev–Trinajstić information content (AvgIpc) is 2.29. The monoisotopic (exact) mass is 242 g/mol. The molecule has 1 amide bonds. The minimum atomic E-state index is -0.595. The third-order valence-electron chi connectivity index (χ3n) is 2.27. The first-order chi connectivity index (χ1) is 8.13. The number of hydrogen-bond acceptors (Lipinski definition) is 2. The summed E-state index contributed by atoms with van der Waals surface area (Å²) in [5, 5.41) is 5.53. The number of amides is 1. The van der Waals surface area contributed by atoms with Crippen LogP contribution in [0.25, 0.3) is 0 Å². The molecule has 17 heavy (non-hydrogen) atoms. The van der Waals surface area contributed by atoms with E-state index >= 15 is 0 Å². The standard InChI is InChI=1S/C12H16F2N2O/c1-2-15-8-12(17)16-6-5-9-3-4-10(13)7-11(9)14/h3-4,7,15H,2,5-6,8H2,1H3,(H,16,17). The van der Waals surface area contributed by atoms with Crippen LogP contribution in [0, 0.1) is 11.6 Å². The van der Waals surface area contributed by atoms with Gasteiger partial charge in [-0.2, -0.15) is 0 Å². The van der Waals surface area contributed by atoms with E-state index in [1.165, 1.54) is 12.1 Å². The fourth-order valence-electron chi connectivity index (χ4n) is 1.36. The highest BCUT2D eigenvalue weighted by Gasteiger charge is 2.04. The normalized spacial score (nSPS) is 10.3. The van der Waals surface area contributed by atoms with E-state index in [9.17, 15) is 13.6 Å². The molecule has 1 aromatic rings. The predicted molar refractivity (Wildman–Crippen MR) is 61.6 cm³/mol. The molecule has 3 nitrogen and oxygen atoms in total. The Balaban J connectivity index is 2.33. The van der Waals surface area contributed by atoms with Gasteiger partial charge in [0, 0.05) is 12.6 Å². The summed E-state index contributed by atoms with van der Waals surface area (Å²) in [6, 6.07) is 3.44. The first-order valence-electron chi connectivity index (χ1n) is 5.54. The Hall–Kier alpha value is -1.49. The van der Waals surface area contributed by atoms with Crippen LogP contribution in [-0.4, -0.2) is 25.5 Å². The van der Waals surface area contributed by atoms with E-state index in [0.29, 0.717) is 18.5 Å². The van der Waals surface area contributed by atoms with Crippen molar-refractivity contribution in [3.8, 4) is 0 Å². The van der Waals surface area contributed by atoms with Crippen LogP contribution in [0.1, 0.15) is 12.5 Å². The van der Waals surface area contributed by atoms with E-state index in [2.05, 4.69) is 10.6 Å². The molecule has 0 aromatic heterocycles. The van der Waals surface area contributed by atoms with Crippen LogP contribution in [0.3, 0.4) is 0 Å². The zero-order valence-electron chi connectivity index (χ0n) is 9.72. The van der Waals surface area contributed by atoms with Crippen LogP contribution in [0.4, 0.5) is 8.78 Å². The van der Waals surface area contributed by atoms with E-state index in [-0.39, 0.29) is 12.5 Å². The van der Waals surface area contributed by atoms with Crippen LogP contribution in [0.5, 0.6) is 0 Å². The van der Waals surface area contributed by atoms with Crippen molar-refractivity contribution in [2.24, 2.45) is 0 Å². The number of likely N-dealkylation sites (N-methyl/N-ethyl adjacent to an activating group) is 1. The number of nitrogens with one attached hydrogen (secondary N) is 2. The number of carbonyl (C=O) groups excluding carboxylic acids is 1. The van der Waals surface area contributed by atoms with Crippen molar-refractivity contribution in [2.75, 3.05) is 19.6 Å². The van der Waals surface area contributed by atoms with Gasteiger partial charge in [0.2, 0.25) is 5.91 Å². The zero-order valence-corrected chi connectivity index (χ0v) is 9.72. The molecule has 5 heteroatoms. The summed E-state index contributed by atoms with van der Waals surface area (Å²) in [6.07, 6.45) is 0.351. The Kier molecular flexibility index (Phi) is 5.56. The fraction of sp³-hybridized carbons (Fsp3) is 0.417. The van der Waals surface area contributed by atoms with Gasteiger partial charge < -0.3 is 10.6 Å². The van der Waals surface area contributed by atoms with Gasteiger partial charge >= 0.3 is 0 Å². The summed E-state index contributed by atoms with van der Waals surface area (Å²) in [5.41, 5.74) is 0.398. The molecule has 0 heterocycles. The summed E-state index contributed by atoms with van der Waals surface area (Å²) in [6.45, 7) is 3.22. The molecule has 0 fully saturated rings. The maximum absolute atomic E-state index is 13.2. The summed E-state index contributed by atoms with van der Waals surface area (Å²) >= 11 is 0. The number of rotatable bonds is 6. The van der Waals surface area contributed by atoms with Gasteiger partial charge in [0.25, 0.3) is 0 Å². The van der Waals surface area contributed by atoms with Gasteiger partial charge in [-0.1, -0.05) is 13.0 Å². The van der Waals surface area contributed by atoms with E-state index in [0.717, 1.165) is 12.6 Å². The molecule has 0 atom stereocenters. The molecule has 0 saturated carbocycles. The van der Waals surface area contributed by atoms with Crippen molar-refractivity contribution in [2.45, 2.75) is 13.3 Å². The molecule has 0 spiro atoms. The summed E-state index contributed by atoms with van der Waals surface area (Å²) in [5.74, 6) is -1.30. The molecule has 0 bridgehead atoms. The molecule has 1 rings (SSSR count).